The number of anilines is 1. The van der Waals surface area contributed by atoms with E-state index in [1.807, 2.05) is 30.3 Å². The minimum atomic E-state index is -0.221. The fourth-order valence-corrected chi connectivity index (χ4v) is 2.97. The number of hydrogen-bond donors (Lipinski definition) is 1. The smallest absolute Gasteiger partial charge is 0.255 e. The lowest BCUT2D eigenvalue weighted by Crippen LogP contribution is -2.12. The third-order valence-corrected chi connectivity index (χ3v) is 4.51. The molecule has 0 aliphatic carbocycles. The maximum absolute atomic E-state index is 12.6. The van der Waals surface area contributed by atoms with E-state index in [1.165, 1.54) is 0 Å². The third kappa shape index (κ3) is 4.30. The van der Waals surface area contributed by atoms with E-state index >= 15 is 0 Å². The van der Waals surface area contributed by atoms with Crippen LogP contribution in [-0.4, -0.2) is 23.0 Å². The van der Waals surface area contributed by atoms with Gasteiger partial charge in [-0.15, -0.1) is 0 Å². The van der Waals surface area contributed by atoms with E-state index in [9.17, 15) is 4.79 Å². The minimum absolute atomic E-state index is 0.221. The quantitative estimate of drug-likeness (QED) is 0.524. The summed E-state index contributed by atoms with van der Waals surface area (Å²) in [6.45, 7) is 0. The van der Waals surface area contributed by atoms with Crippen LogP contribution in [0.25, 0.3) is 22.4 Å². The molecule has 0 saturated heterocycles. The fourth-order valence-electron chi connectivity index (χ4n) is 2.97. The number of methoxy groups -OCH3 is 1. The lowest BCUT2D eigenvalue weighted by Gasteiger charge is -2.08. The molecule has 2 heterocycles. The van der Waals surface area contributed by atoms with Gasteiger partial charge in [-0.2, -0.15) is 0 Å². The van der Waals surface area contributed by atoms with Gasteiger partial charge in [-0.05, 0) is 29.3 Å². The number of ether oxygens (including phenoxy) is 1. The Balaban J connectivity index is 1.52. The van der Waals surface area contributed by atoms with Gasteiger partial charge >= 0.3 is 0 Å². The van der Waals surface area contributed by atoms with Crippen molar-refractivity contribution in [3.63, 3.8) is 0 Å². The normalized spacial score (nSPS) is 10.4. The highest BCUT2D eigenvalue weighted by Gasteiger charge is 2.09. The van der Waals surface area contributed by atoms with Crippen molar-refractivity contribution < 1.29 is 9.53 Å². The van der Waals surface area contributed by atoms with Crippen molar-refractivity contribution in [3.05, 3.63) is 96.8 Å². The van der Waals surface area contributed by atoms with Crippen LogP contribution in [0.1, 0.15) is 10.4 Å². The molecule has 4 rings (SSSR count). The zero-order valence-electron chi connectivity index (χ0n) is 15.9. The van der Waals surface area contributed by atoms with Crippen LogP contribution in [0, 0.1) is 0 Å². The number of hydrogen-bond acceptors (Lipinski definition) is 4. The first-order valence-corrected chi connectivity index (χ1v) is 9.16. The minimum Gasteiger partial charge on any atom is -0.481 e. The molecule has 0 aliphatic heterocycles. The van der Waals surface area contributed by atoms with Gasteiger partial charge < -0.3 is 10.1 Å². The zero-order chi connectivity index (χ0) is 20.1. The number of amides is 1. The Hall–Kier alpha value is -3.99. The predicted octanol–water partition coefficient (Wildman–Crippen LogP) is 5.07. The summed E-state index contributed by atoms with van der Waals surface area (Å²) in [5.74, 6) is 0.273. The van der Waals surface area contributed by atoms with Crippen molar-refractivity contribution in [2.75, 3.05) is 12.4 Å². The first kappa shape index (κ1) is 18.4. The highest BCUT2D eigenvalue weighted by Crippen LogP contribution is 2.24. The second kappa shape index (κ2) is 8.35. The molecule has 0 fully saturated rings. The standard InChI is InChI=1S/C24H19N3O2/c1-29-23-12-11-21(16-26-23)27-24(28)20-13-14-25-22(15-20)19-9-7-18(8-10-19)17-5-3-2-4-6-17/h2-16H,1H3,(H,27,28). The summed E-state index contributed by atoms with van der Waals surface area (Å²) in [5.41, 5.74) is 5.11. The van der Waals surface area contributed by atoms with E-state index in [4.69, 9.17) is 4.74 Å². The van der Waals surface area contributed by atoms with Crippen molar-refractivity contribution >= 4 is 11.6 Å². The van der Waals surface area contributed by atoms with Crippen molar-refractivity contribution in [1.29, 1.82) is 0 Å². The summed E-state index contributed by atoms with van der Waals surface area (Å²) in [7, 11) is 1.55. The van der Waals surface area contributed by atoms with E-state index in [0.29, 0.717) is 17.1 Å². The van der Waals surface area contributed by atoms with Gasteiger partial charge in [0.2, 0.25) is 5.88 Å². The molecule has 29 heavy (non-hydrogen) atoms. The maximum Gasteiger partial charge on any atom is 0.255 e. The molecular formula is C24H19N3O2. The number of benzene rings is 2. The Morgan fingerprint density at radius 2 is 1.55 bits per heavy atom. The highest BCUT2D eigenvalue weighted by atomic mass is 16.5. The van der Waals surface area contributed by atoms with Crippen LogP contribution in [0.3, 0.4) is 0 Å². The van der Waals surface area contributed by atoms with E-state index in [-0.39, 0.29) is 5.91 Å². The number of aromatic nitrogens is 2. The summed E-state index contributed by atoms with van der Waals surface area (Å²) < 4.78 is 5.03. The van der Waals surface area contributed by atoms with Crippen molar-refractivity contribution in [3.8, 4) is 28.3 Å². The molecule has 0 spiro atoms. The van der Waals surface area contributed by atoms with Gasteiger partial charge in [0.25, 0.3) is 5.91 Å². The average molecular weight is 381 g/mol. The highest BCUT2D eigenvalue weighted by molar-refractivity contribution is 6.04. The van der Waals surface area contributed by atoms with Crippen molar-refractivity contribution in [2.24, 2.45) is 0 Å². The SMILES string of the molecule is COc1ccc(NC(=O)c2ccnc(-c3ccc(-c4ccccc4)cc3)c2)cn1. The van der Waals surface area contributed by atoms with E-state index in [2.05, 4.69) is 39.6 Å². The Morgan fingerprint density at radius 1 is 0.828 bits per heavy atom. The van der Waals surface area contributed by atoms with Gasteiger partial charge in [0.05, 0.1) is 24.7 Å². The summed E-state index contributed by atoms with van der Waals surface area (Å²) in [5, 5.41) is 2.83. The first-order valence-electron chi connectivity index (χ1n) is 9.16. The maximum atomic E-state index is 12.6. The van der Waals surface area contributed by atoms with Crippen LogP contribution in [0.5, 0.6) is 5.88 Å². The number of nitrogens with zero attached hydrogens (tertiary/aromatic N) is 2. The summed E-state index contributed by atoms with van der Waals surface area (Å²) in [4.78, 5) is 21.1. The van der Waals surface area contributed by atoms with Gasteiger partial charge in [0, 0.05) is 23.4 Å². The molecule has 1 N–H and O–H groups in total. The molecule has 5 heteroatoms. The number of carbonyl (C=O) groups excluding carboxylic acids is 1. The molecule has 0 unspecified atom stereocenters. The number of carbonyl (C=O) groups is 1. The van der Waals surface area contributed by atoms with Gasteiger partial charge in [-0.25, -0.2) is 4.98 Å². The lowest BCUT2D eigenvalue weighted by molar-refractivity contribution is 0.102. The fraction of sp³-hybridized carbons (Fsp3) is 0.0417. The second-order valence-corrected chi connectivity index (χ2v) is 6.42. The molecular weight excluding hydrogens is 362 g/mol. The molecule has 2 aromatic carbocycles. The van der Waals surface area contributed by atoms with Crippen LogP contribution in [0.2, 0.25) is 0 Å². The van der Waals surface area contributed by atoms with E-state index in [0.717, 1.165) is 22.4 Å². The lowest BCUT2D eigenvalue weighted by atomic mass is 10.0. The van der Waals surface area contributed by atoms with Crippen molar-refractivity contribution in [2.45, 2.75) is 0 Å². The monoisotopic (exact) mass is 381 g/mol. The number of pyridine rings is 2. The zero-order valence-corrected chi connectivity index (χ0v) is 15.9. The molecule has 0 atom stereocenters. The predicted molar refractivity (Wildman–Crippen MR) is 114 cm³/mol. The average Bonchev–Trinajstić information content (AvgIpc) is 2.80. The van der Waals surface area contributed by atoms with Gasteiger partial charge in [0.1, 0.15) is 0 Å². The molecule has 0 aliphatic rings. The molecule has 0 saturated carbocycles. The van der Waals surface area contributed by atoms with Crippen LogP contribution in [-0.2, 0) is 0 Å². The Labute approximate surface area is 169 Å². The largest absolute Gasteiger partial charge is 0.481 e. The molecule has 0 radical (unpaired) electrons. The number of nitrogens with one attached hydrogen (secondary N) is 1. The molecule has 4 aromatic rings. The third-order valence-electron chi connectivity index (χ3n) is 4.51. The Kier molecular flexibility index (Phi) is 5.29. The molecule has 142 valence electrons. The summed E-state index contributed by atoms with van der Waals surface area (Å²) >= 11 is 0. The first-order chi connectivity index (χ1) is 14.2. The molecule has 2 aromatic heterocycles. The van der Waals surface area contributed by atoms with Crippen LogP contribution < -0.4 is 10.1 Å². The Morgan fingerprint density at radius 3 is 2.24 bits per heavy atom. The van der Waals surface area contributed by atoms with E-state index < -0.39 is 0 Å². The molecule has 0 bridgehead atoms. The second-order valence-electron chi connectivity index (χ2n) is 6.42. The number of rotatable bonds is 5. The summed E-state index contributed by atoms with van der Waals surface area (Å²) in [6, 6.07) is 25.2. The van der Waals surface area contributed by atoms with Gasteiger partial charge in [-0.3, -0.25) is 9.78 Å². The van der Waals surface area contributed by atoms with E-state index in [1.54, 1.807) is 43.8 Å². The van der Waals surface area contributed by atoms with Crippen LogP contribution in [0.15, 0.2) is 91.3 Å². The van der Waals surface area contributed by atoms with Crippen LogP contribution >= 0.6 is 0 Å². The van der Waals surface area contributed by atoms with Crippen molar-refractivity contribution in [1.82, 2.24) is 9.97 Å². The molecule has 1 amide bonds. The van der Waals surface area contributed by atoms with Gasteiger partial charge in [0.15, 0.2) is 0 Å². The Bertz CT molecular complexity index is 1110. The topological polar surface area (TPSA) is 64.1 Å². The summed E-state index contributed by atoms with van der Waals surface area (Å²) in [6.07, 6.45) is 3.20. The van der Waals surface area contributed by atoms with Crippen LogP contribution in [0.4, 0.5) is 5.69 Å². The molecule has 5 nitrogen and oxygen atoms in total. The van der Waals surface area contributed by atoms with Gasteiger partial charge in [-0.1, -0.05) is 54.6 Å².